The Hall–Kier alpha value is -1.29. The monoisotopic (exact) mass is 222 g/mol. The number of hydrogen-bond donors (Lipinski definition) is 2. The highest BCUT2D eigenvalue weighted by Gasteiger charge is 2.20. The molecular weight excluding hydrogens is 208 g/mol. The van der Waals surface area contributed by atoms with Crippen LogP contribution < -0.4 is 10.2 Å². The predicted molar refractivity (Wildman–Crippen MR) is 66.8 cm³/mol. The minimum absolute atomic E-state index is 0.280. The molecule has 0 aliphatic carbocycles. The Morgan fingerprint density at radius 2 is 2.27 bits per heavy atom. The molecule has 0 fully saturated rings. The van der Waals surface area contributed by atoms with E-state index in [1.165, 1.54) is 0 Å². The Bertz CT molecular complexity index is 406. The van der Waals surface area contributed by atoms with E-state index in [1.54, 1.807) is 12.1 Å². The third-order valence-corrected chi connectivity index (χ3v) is 3.05. The zero-order chi connectivity index (χ0) is 11.0. The molecule has 1 aliphatic heterocycles. The number of rotatable bonds is 0. The first-order chi connectivity index (χ1) is 7.08. The van der Waals surface area contributed by atoms with E-state index < -0.39 is 0 Å². The minimum atomic E-state index is 0.280. The lowest BCUT2D eigenvalue weighted by atomic mass is 10.2. The number of thiocarbonyl (C=S) groups is 1. The molecule has 0 spiro atoms. The van der Waals surface area contributed by atoms with Crippen molar-refractivity contribution < 1.29 is 5.11 Å². The maximum atomic E-state index is 9.46. The van der Waals surface area contributed by atoms with Crippen molar-refractivity contribution in [1.29, 1.82) is 0 Å². The smallest absolute Gasteiger partial charge is 0.117 e. The van der Waals surface area contributed by atoms with Crippen molar-refractivity contribution in [3.63, 3.8) is 0 Å². The Kier molecular flexibility index (Phi) is 2.52. The molecule has 1 aliphatic rings. The maximum Gasteiger partial charge on any atom is 0.117 e. The van der Waals surface area contributed by atoms with Crippen LogP contribution in [-0.2, 0) is 0 Å². The molecule has 2 N–H and O–H groups in total. The van der Waals surface area contributed by atoms with E-state index in [0.29, 0.717) is 6.04 Å². The van der Waals surface area contributed by atoms with Gasteiger partial charge in [0.2, 0.25) is 0 Å². The van der Waals surface area contributed by atoms with E-state index in [2.05, 4.69) is 17.1 Å². The van der Waals surface area contributed by atoms with Crippen LogP contribution >= 0.6 is 12.2 Å². The van der Waals surface area contributed by atoms with Gasteiger partial charge in [0.25, 0.3) is 0 Å². The molecule has 4 heteroatoms. The number of nitrogens with one attached hydrogen (secondary N) is 1. The second-order valence-electron chi connectivity index (χ2n) is 3.91. The second-order valence-corrected chi connectivity index (χ2v) is 4.41. The van der Waals surface area contributed by atoms with Gasteiger partial charge in [-0.2, -0.15) is 0 Å². The van der Waals surface area contributed by atoms with Crippen LogP contribution in [0.1, 0.15) is 13.3 Å². The van der Waals surface area contributed by atoms with Crippen LogP contribution in [0.3, 0.4) is 0 Å². The number of aromatic hydroxyl groups is 1. The molecular formula is C11H14N2OS. The van der Waals surface area contributed by atoms with Crippen LogP contribution in [0.2, 0.25) is 0 Å². The van der Waals surface area contributed by atoms with Gasteiger partial charge >= 0.3 is 0 Å². The average Bonchev–Trinajstić information content (AvgIpc) is 2.27. The van der Waals surface area contributed by atoms with Crippen molar-refractivity contribution in [3.8, 4) is 5.75 Å². The molecule has 0 bridgehead atoms. The summed E-state index contributed by atoms with van der Waals surface area (Å²) in [6, 6.07) is 5.62. The summed E-state index contributed by atoms with van der Waals surface area (Å²) in [7, 11) is 2.01. The van der Waals surface area contributed by atoms with Gasteiger partial charge in [-0.3, -0.25) is 0 Å². The number of hydrogen-bond acceptors (Lipinski definition) is 3. The van der Waals surface area contributed by atoms with Crippen LogP contribution in [0, 0.1) is 0 Å². The number of benzene rings is 1. The van der Waals surface area contributed by atoms with Crippen molar-refractivity contribution >= 4 is 28.6 Å². The largest absolute Gasteiger partial charge is 0.508 e. The molecule has 1 atom stereocenters. The SMILES string of the molecule is C[C@H]1CC(=S)Nc2ccc(O)cc2N1C. The summed E-state index contributed by atoms with van der Waals surface area (Å²) in [5.41, 5.74) is 1.95. The molecule has 1 aromatic rings. The van der Waals surface area contributed by atoms with E-state index in [1.807, 2.05) is 13.1 Å². The van der Waals surface area contributed by atoms with Gasteiger partial charge in [0.15, 0.2) is 0 Å². The first-order valence-corrected chi connectivity index (χ1v) is 5.34. The molecule has 0 unspecified atom stereocenters. The summed E-state index contributed by atoms with van der Waals surface area (Å²) in [6.07, 6.45) is 0.835. The standard InChI is InChI=1S/C11H14N2OS/c1-7-5-11(15)12-9-4-3-8(14)6-10(9)13(7)2/h3-4,6-7,14H,5H2,1-2H3,(H,12,15)/t7-/m0/s1. The first kappa shape index (κ1) is 10.2. The van der Waals surface area contributed by atoms with E-state index >= 15 is 0 Å². The molecule has 0 saturated carbocycles. The van der Waals surface area contributed by atoms with Crippen molar-refractivity contribution in [1.82, 2.24) is 0 Å². The van der Waals surface area contributed by atoms with Crippen LogP contribution in [0.15, 0.2) is 18.2 Å². The lowest BCUT2D eigenvalue weighted by molar-refractivity contribution is 0.475. The fourth-order valence-corrected chi connectivity index (χ4v) is 2.11. The summed E-state index contributed by atoms with van der Waals surface area (Å²) in [5, 5.41) is 12.7. The summed E-state index contributed by atoms with van der Waals surface area (Å²) < 4.78 is 0. The molecule has 15 heavy (non-hydrogen) atoms. The lowest BCUT2D eigenvalue weighted by Crippen LogP contribution is -2.28. The highest BCUT2D eigenvalue weighted by Crippen LogP contribution is 2.33. The van der Waals surface area contributed by atoms with Gasteiger partial charge in [0, 0.05) is 25.6 Å². The van der Waals surface area contributed by atoms with Crippen LogP contribution in [0.25, 0.3) is 0 Å². The Morgan fingerprint density at radius 1 is 1.53 bits per heavy atom. The maximum absolute atomic E-state index is 9.46. The summed E-state index contributed by atoms with van der Waals surface area (Å²) >= 11 is 5.23. The van der Waals surface area contributed by atoms with Gasteiger partial charge in [-0.05, 0) is 19.1 Å². The van der Waals surface area contributed by atoms with Gasteiger partial charge in [0.1, 0.15) is 5.75 Å². The van der Waals surface area contributed by atoms with Gasteiger partial charge in [-0.1, -0.05) is 12.2 Å². The lowest BCUT2D eigenvalue weighted by Gasteiger charge is -2.25. The number of fused-ring (bicyclic) bond motifs is 1. The molecule has 0 aromatic heterocycles. The van der Waals surface area contributed by atoms with Crippen LogP contribution in [-0.4, -0.2) is 23.2 Å². The number of phenols is 1. The second kappa shape index (κ2) is 3.70. The fourth-order valence-electron chi connectivity index (χ4n) is 1.76. The molecule has 3 nitrogen and oxygen atoms in total. The third-order valence-electron chi connectivity index (χ3n) is 2.78. The third kappa shape index (κ3) is 1.90. The van der Waals surface area contributed by atoms with Crippen LogP contribution in [0.5, 0.6) is 5.75 Å². The molecule has 1 heterocycles. The molecule has 0 radical (unpaired) electrons. The highest BCUT2D eigenvalue weighted by atomic mass is 32.1. The van der Waals surface area contributed by atoms with Crippen molar-refractivity contribution in [2.24, 2.45) is 0 Å². The molecule has 1 aromatic carbocycles. The normalized spacial score (nSPS) is 20.5. The Labute approximate surface area is 94.7 Å². The molecule has 0 saturated heterocycles. The minimum Gasteiger partial charge on any atom is -0.508 e. The van der Waals surface area contributed by atoms with Gasteiger partial charge in [-0.25, -0.2) is 0 Å². The van der Waals surface area contributed by atoms with E-state index in [9.17, 15) is 5.11 Å². The quantitative estimate of drug-likeness (QED) is 0.522. The Balaban J connectivity index is 2.50. The number of nitrogens with zero attached hydrogens (tertiary/aromatic N) is 1. The Morgan fingerprint density at radius 3 is 3.00 bits per heavy atom. The zero-order valence-electron chi connectivity index (χ0n) is 8.82. The fraction of sp³-hybridized carbons (Fsp3) is 0.364. The predicted octanol–water partition coefficient (Wildman–Crippen LogP) is 2.36. The summed E-state index contributed by atoms with van der Waals surface area (Å²) in [5.74, 6) is 0.280. The van der Waals surface area contributed by atoms with Gasteiger partial charge in [0.05, 0.1) is 16.4 Å². The summed E-state index contributed by atoms with van der Waals surface area (Å²) in [6.45, 7) is 2.12. The van der Waals surface area contributed by atoms with E-state index in [-0.39, 0.29) is 5.75 Å². The van der Waals surface area contributed by atoms with Crippen molar-refractivity contribution in [2.45, 2.75) is 19.4 Å². The van der Waals surface area contributed by atoms with Crippen LogP contribution in [0.4, 0.5) is 11.4 Å². The van der Waals surface area contributed by atoms with Gasteiger partial charge in [-0.15, -0.1) is 0 Å². The number of anilines is 2. The topological polar surface area (TPSA) is 35.5 Å². The van der Waals surface area contributed by atoms with E-state index in [0.717, 1.165) is 22.8 Å². The molecule has 80 valence electrons. The molecule has 0 amide bonds. The van der Waals surface area contributed by atoms with E-state index in [4.69, 9.17) is 12.2 Å². The first-order valence-electron chi connectivity index (χ1n) is 4.93. The average molecular weight is 222 g/mol. The summed E-state index contributed by atoms with van der Waals surface area (Å²) in [4.78, 5) is 2.97. The van der Waals surface area contributed by atoms with Gasteiger partial charge < -0.3 is 15.3 Å². The van der Waals surface area contributed by atoms with Crippen molar-refractivity contribution in [2.75, 3.05) is 17.3 Å². The zero-order valence-corrected chi connectivity index (χ0v) is 9.64. The molecule has 2 rings (SSSR count). The number of phenolic OH excluding ortho intramolecular Hbond substituents is 1. The van der Waals surface area contributed by atoms with Crippen molar-refractivity contribution in [3.05, 3.63) is 18.2 Å². The highest BCUT2D eigenvalue weighted by molar-refractivity contribution is 7.80.